The number of aliphatic hydroxyl groups excluding tert-OH is 1. The van der Waals surface area contributed by atoms with Gasteiger partial charge in [0.15, 0.2) is 5.78 Å². The van der Waals surface area contributed by atoms with Gasteiger partial charge < -0.3 is 5.11 Å². The third-order valence-electron chi connectivity index (χ3n) is 2.68. The van der Waals surface area contributed by atoms with Gasteiger partial charge in [0.1, 0.15) is 0 Å². The molecule has 12 heavy (non-hydrogen) atoms. The summed E-state index contributed by atoms with van der Waals surface area (Å²) in [6, 6.07) is 0. The van der Waals surface area contributed by atoms with E-state index in [-0.39, 0.29) is 17.8 Å². The van der Waals surface area contributed by atoms with Crippen LogP contribution in [0.15, 0.2) is 23.8 Å². The Kier molecular flexibility index (Phi) is 1.65. The molecule has 0 aromatic carbocycles. The predicted octanol–water partition coefficient (Wildman–Crippen LogP) is 1.21. The molecule has 0 radical (unpaired) electrons. The first kappa shape index (κ1) is 7.74. The maximum absolute atomic E-state index is 11.4. The largest absolute Gasteiger partial charge is 0.393 e. The Morgan fingerprint density at radius 1 is 1.58 bits per heavy atom. The average molecular weight is 164 g/mol. The van der Waals surface area contributed by atoms with E-state index in [0.29, 0.717) is 12.0 Å². The number of carbonyl (C=O) groups excluding carboxylic acids is 1. The molecule has 2 heteroatoms. The van der Waals surface area contributed by atoms with Crippen molar-refractivity contribution in [2.24, 2.45) is 5.92 Å². The van der Waals surface area contributed by atoms with E-state index in [9.17, 15) is 9.90 Å². The molecule has 2 nitrogen and oxygen atoms in total. The third-order valence-corrected chi connectivity index (χ3v) is 2.68. The highest BCUT2D eigenvalue weighted by molar-refractivity contribution is 6.10. The van der Waals surface area contributed by atoms with E-state index in [2.05, 4.69) is 6.58 Å². The van der Waals surface area contributed by atoms with E-state index >= 15 is 0 Å². The fraction of sp³-hybridized carbons (Fsp3) is 0.500. The highest BCUT2D eigenvalue weighted by Crippen LogP contribution is 2.38. The summed E-state index contributed by atoms with van der Waals surface area (Å²) in [5, 5.41) is 9.34. The molecule has 0 aromatic rings. The van der Waals surface area contributed by atoms with E-state index in [0.717, 1.165) is 18.4 Å². The molecule has 2 aliphatic carbocycles. The van der Waals surface area contributed by atoms with Crippen molar-refractivity contribution in [1.82, 2.24) is 0 Å². The standard InChI is InChI=1S/C10H12O2/c1-6-4-7-5-8(11)2-3-9(7)10(6)12/h3,7-8,11H,1-2,4-5H2/t7-,8?/m1/s1. The van der Waals surface area contributed by atoms with Crippen LogP contribution in [0, 0.1) is 5.92 Å². The SMILES string of the molecule is C=C1C[C@@H]2CC(O)CC=C2C1=O. The maximum atomic E-state index is 11.4. The van der Waals surface area contributed by atoms with Crippen molar-refractivity contribution in [3.63, 3.8) is 0 Å². The third kappa shape index (κ3) is 1.03. The Balaban J connectivity index is 2.30. The van der Waals surface area contributed by atoms with Gasteiger partial charge in [-0.05, 0) is 36.3 Å². The lowest BCUT2D eigenvalue weighted by molar-refractivity contribution is -0.111. The lowest BCUT2D eigenvalue weighted by Crippen LogP contribution is -2.18. The second-order valence-electron chi connectivity index (χ2n) is 3.62. The van der Waals surface area contributed by atoms with Crippen LogP contribution in [0.4, 0.5) is 0 Å². The van der Waals surface area contributed by atoms with Gasteiger partial charge in [0.05, 0.1) is 6.10 Å². The van der Waals surface area contributed by atoms with Gasteiger partial charge in [-0.3, -0.25) is 4.79 Å². The number of fused-ring (bicyclic) bond motifs is 1. The van der Waals surface area contributed by atoms with Gasteiger partial charge in [-0.2, -0.15) is 0 Å². The van der Waals surface area contributed by atoms with Crippen LogP contribution in [-0.2, 0) is 4.79 Å². The zero-order valence-corrected chi connectivity index (χ0v) is 6.92. The first-order valence-electron chi connectivity index (χ1n) is 4.29. The topological polar surface area (TPSA) is 37.3 Å². The molecule has 2 rings (SSSR count). The molecule has 0 saturated heterocycles. The van der Waals surface area contributed by atoms with Crippen LogP contribution in [0.25, 0.3) is 0 Å². The molecular weight excluding hydrogens is 152 g/mol. The minimum atomic E-state index is -0.252. The van der Waals surface area contributed by atoms with Crippen molar-refractivity contribution in [2.75, 3.05) is 0 Å². The number of hydrogen-bond acceptors (Lipinski definition) is 2. The molecular formula is C10H12O2. The highest BCUT2D eigenvalue weighted by atomic mass is 16.3. The van der Waals surface area contributed by atoms with E-state index in [4.69, 9.17) is 0 Å². The minimum Gasteiger partial charge on any atom is -0.393 e. The van der Waals surface area contributed by atoms with E-state index in [1.807, 2.05) is 6.08 Å². The van der Waals surface area contributed by atoms with E-state index < -0.39 is 0 Å². The quantitative estimate of drug-likeness (QED) is 0.546. The van der Waals surface area contributed by atoms with Crippen molar-refractivity contribution in [1.29, 1.82) is 0 Å². The van der Waals surface area contributed by atoms with Gasteiger partial charge in [0, 0.05) is 0 Å². The minimum absolute atomic E-state index is 0.118. The Hall–Kier alpha value is -0.890. The van der Waals surface area contributed by atoms with Gasteiger partial charge in [-0.15, -0.1) is 0 Å². The van der Waals surface area contributed by atoms with Crippen molar-refractivity contribution in [2.45, 2.75) is 25.4 Å². The molecule has 1 N–H and O–H groups in total. The Bertz CT molecular complexity index is 276. The number of Topliss-reactive ketones (excluding diaryl/α,β-unsaturated/α-hetero) is 1. The summed E-state index contributed by atoms with van der Waals surface area (Å²) in [6.45, 7) is 3.71. The Morgan fingerprint density at radius 2 is 2.33 bits per heavy atom. The summed E-state index contributed by atoms with van der Waals surface area (Å²) in [5.41, 5.74) is 1.60. The number of rotatable bonds is 0. The number of ketones is 1. The zero-order chi connectivity index (χ0) is 8.72. The molecule has 1 fully saturated rings. The lowest BCUT2D eigenvalue weighted by Gasteiger charge is -2.19. The van der Waals surface area contributed by atoms with Gasteiger partial charge in [0.25, 0.3) is 0 Å². The highest BCUT2D eigenvalue weighted by Gasteiger charge is 2.34. The monoisotopic (exact) mass is 164 g/mol. The molecule has 1 unspecified atom stereocenters. The summed E-state index contributed by atoms with van der Waals surface area (Å²) in [6.07, 6.45) is 3.74. The number of hydrogen-bond donors (Lipinski definition) is 1. The number of carbonyl (C=O) groups is 1. The van der Waals surface area contributed by atoms with Crippen LogP contribution in [0.1, 0.15) is 19.3 Å². The lowest BCUT2D eigenvalue weighted by atomic mass is 9.88. The first-order chi connectivity index (χ1) is 5.68. The molecule has 0 heterocycles. The zero-order valence-electron chi connectivity index (χ0n) is 6.92. The van der Waals surface area contributed by atoms with Crippen LogP contribution in [0.5, 0.6) is 0 Å². The van der Waals surface area contributed by atoms with Crippen LogP contribution < -0.4 is 0 Å². The summed E-state index contributed by atoms with van der Waals surface area (Å²) in [5.74, 6) is 0.376. The second-order valence-corrected chi connectivity index (χ2v) is 3.62. The van der Waals surface area contributed by atoms with Crippen molar-refractivity contribution < 1.29 is 9.90 Å². The molecule has 0 aromatic heterocycles. The maximum Gasteiger partial charge on any atom is 0.184 e. The summed E-state index contributed by atoms with van der Waals surface area (Å²) >= 11 is 0. The predicted molar refractivity (Wildman–Crippen MR) is 45.6 cm³/mol. The Morgan fingerprint density at radius 3 is 3.08 bits per heavy atom. The number of allylic oxidation sites excluding steroid dienone is 2. The van der Waals surface area contributed by atoms with Crippen molar-refractivity contribution in [3.8, 4) is 0 Å². The summed E-state index contributed by atoms with van der Waals surface area (Å²) < 4.78 is 0. The van der Waals surface area contributed by atoms with Crippen molar-refractivity contribution in [3.05, 3.63) is 23.8 Å². The first-order valence-corrected chi connectivity index (χ1v) is 4.29. The average Bonchev–Trinajstić information content (AvgIpc) is 2.28. The number of aliphatic hydroxyl groups is 1. The Labute approximate surface area is 71.6 Å². The van der Waals surface area contributed by atoms with Crippen LogP contribution in [0.3, 0.4) is 0 Å². The normalized spacial score (nSPS) is 34.9. The molecule has 0 bridgehead atoms. The smallest absolute Gasteiger partial charge is 0.184 e. The van der Waals surface area contributed by atoms with Gasteiger partial charge in [0.2, 0.25) is 0 Å². The van der Waals surface area contributed by atoms with E-state index in [1.54, 1.807) is 0 Å². The molecule has 0 aliphatic heterocycles. The summed E-state index contributed by atoms with van der Waals surface area (Å²) in [7, 11) is 0. The van der Waals surface area contributed by atoms with Gasteiger partial charge in [-0.1, -0.05) is 12.7 Å². The summed E-state index contributed by atoms with van der Waals surface area (Å²) in [4.78, 5) is 11.4. The molecule has 1 saturated carbocycles. The van der Waals surface area contributed by atoms with Gasteiger partial charge in [-0.25, -0.2) is 0 Å². The second kappa shape index (κ2) is 2.56. The molecule has 2 atom stereocenters. The molecule has 0 spiro atoms. The van der Waals surface area contributed by atoms with Crippen LogP contribution in [-0.4, -0.2) is 17.0 Å². The van der Waals surface area contributed by atoms with Crippen LogP contribution in [0.2, 0.25) is 0 Å². The molecule has 64 valence electrons. The van der Waals surface area contributed by atoms with Crippen molar-refractivity contribution >= 4 is 5.78 Å². The fourth-order valence-corrected chi connectivity index (χ4v) is 2.05. The fourth-order valence-electron chi connectivity index (χ4n) is 2.05. The van der Waals surface area contributed by atoms with E-state index in [1.165, 1.54) is 0 Å². The van der Waals surface area contributed by atoms with Gasteiger partial charge >= 0.3 is 0 Å². The van der Waals surface area contributed by atoms with Crippen LogP contribution >= 0.6 is 0 Å². The molecule has 2 aliphatic rings. The molecule has 0 amide bonds.